The summed E-state index contributed by atoms with van der Waals surface area (Å²) in [6.45, 7) is 7.42. The van der Waals surface area contributed by atoms with Crippen LogP contribution in [0.25, 0.3) is 10.9 Å². The lowest BCUT2D eigenvalue weighted by Crippen LogP contribution is -2.60. The van der Waals surface area contributed by atoms with Crippen molar-refractivity contribution in [2.45, 2.75) is 26.8 Å². The largest absolute Gasteiger partial charge is 0.335 e. The number of carbonyl (C=O) groups is 1. The Kier molecular flexibility index (Phi) is 7.11. The fourth-order valence-electron chi connectivity index (χ4n) is 4.29. The van der Waals surface area contributed by atoms with E-state index in [0.29, 0.717) is 31.3 Å². The number of hydrogen-bond acceptors (Lipinski definition) is 4. The van der Waals surface area contributed by atoms with Crippen LogP contribution in [0, 0.1) is 30.1 Å². The second kappa shape index (κ2) is 10.4. The first-order valence-electron chi connectivity index (χ1n) is 11.5. The number of hydrogen-bond donors (Lipinski definition) is 2. The zero-order valence-corrected chi connectivity index (χ0v) is 20.0. The van der Waals surface area contributed by atoms with Crippen molar-refractivity contribution in [2.24, 2.45) is 10.9 Å². The molecule has 1 aliphatic heterocycles. The molecule has 0 spiro atoms. The molecule has 0 bridgehead atoms. The van der Waals surface area contributed by atoms with E-state index in [1.165, 1.54) is 12.1 Å². The normalized spacial score (nSPS) is 16.3. The quantitative estimate of drug-likeness (QED) is 0.323. The van der Waals surface area contributed by atoms with Gasteiger partial charge in [0.05, 0.1) is 17.2 Å². The van der Waals surface area contributed by atoms with Crippen molar-refractivity contribution in [1.29, 1.82) is 5.26 Å². The monoisotopic (exact) mass is 473 g/mol. The fraction of sp³-hybridized carbons (Fsp3) is 0.308. The number of carbonyl (C=O) groups excluding carboxylic acids is 1. The number of aliphatic imine (C=N–C) groups is 1. The third kappa shape index (κ3) is 5.49. The van der Waals surface area contributed by atoms with Gasteiger partial charge in [-0.1, -0.05) is 26.0 Å². The number of guanidine groups is 1. The van der Waals surface area contributed by atoms with E-state index >= 15 is 0 Å². The minimum absolute atomic E-state index is 0.0862. The molecule has 1 aliphatic rings. The standard InChI is InChI=1S/C26H28FN7O/c1-17(2)24-15-33(26(35)31-20-7-4-6-19(27)14-20)12-13-34(24)25(29-16-28)32-23-9-5-8-22-21(23)11-10-18(3)30-22/h4-11,14,17,24H,12-13,15H2,1-3H3,(H,29,32)(H,31,35). The molecule has 0 saturated carbocycles. The molecule has 1 atom stereocenters. The Morgan fingerprint density at radius 1 is 1.17 bits per heavy atom. The van der Waals surface area contributed by atoms with Crippen LogP contribution >= 0.6 is 0 Å². The number of nitrogens with one attached hydrogen (secondary N) is 2. The van der Waals surface area contributed by atoms with Crippen molar-refractivity contribution >= 4 is 34.3 Å². The molecular weight excluding hydrogens is 445 g/mol. The molecule has 1 saturated heterocycles. The SMILES string of the molecule is Cc1ccc2c(N/C(=N/C#N)N3CCN(C(=O)Nc4cccc(F)c4)CC3C(C)C)cccc2n1. The number of amides is 2. The molecule has 9 heteroatoms. The van der Waals surface area contributed by atoms with E-state index in [4.69, 9.17) is 0 Å². The molecule has 35 heavy (non-hydrogen) atoms. The van der Waals surface area contributed by atoms with E-state index in [0.717, 1.165) is 22.3 Å². The highest BCUT2D eigenvalue weighted by Gasteiger charge is 2.34. The Morgan fingerprint density at radius 2 is 1.97 bits per heavy atom. The molecule has 8 nitrogen and oxygen atoms in total. The van der Waals surface area contributed by atoms with Crippen molar-refractivity contribution in [3.63, 3.8) is 0 Å². The minimum atomic E-state index is -0.407. The Morgan fingerprint density at radius 3 is 2.71 bits per heavy atom. The third-order valence-electron chi connectivity index (χ3n) is 6.10. The van der Waals surface area contributed by atoms with E-state index in [1.54, 1.807) is 17.0 Å². The van der Waals surface area contributed by atoms with Gasteiger partial charge in [-0.05, 0) is 55.3 Å². The van der Waals surface area contributed by atoms with Crippen LogP contribution in [0.5, 0.6) is 0 Å². The van der Waals surface area contributed by atoms with Crippen LogP contribution in [0.3, 0.4) is 0 Å². The zero-order chi connectivity index (χ0) is 24.9. The average molecular weight is 474 g/mol. The second-order valence-corrected chi connectivity index (χ2v) is 8.88. The van der Waals surface area contributed by atoms with Gasteiger partial charge in [0.25, 0.3) is 0 Å². The summed E-state index contributed by atoms with van der Waals surface area (Å²) in [4.78, 5) is 25.3. The first kappa shape index (κ1) is 24.0. The highest BCUT2D eigenvalue weighted by atomic mass is 19.1. The average Bonchev–Trinajstić information content (AvgIpc) is 2.83. The van der Waals surface area contributed by atoms with Gasteiger partial charge in [0.1, 0.15) is 5.82 Å². The van der Waals surface area contributed by atoms with Crippen molar-refractivity contribution < 1.29 is 9.18 Å². The van der Waals surface area contributed by atoms with Crippen LogP contribution in [0.2, 0.25) is 0 Å². The van der Waals surface area contributed by atoms with E-state index in [-0.39, 0.29) is 18.0 Å². The highest BCUT2D eigenvalue weighted by Crippen LogP contribution is 2.25. The van der Waals surface area contributed by atoms with E-state index in [1.807, 2.05) is 48.3 Å². The fourth-order valence-corrected chi connectivity index (χ4v) is 4.29. The van der Waals surface area contributed by atoms with Gasteiger partial charge in [-0.15, -0.1) is 4.99 Å². The van der Waals surface area contributed by atoms with Crippen LogP contribution in [0.15, 0.2) is 59.6 Å². The van der Waals surface area contributed by atoms with E-state index in [2.05, 4.69) is 34.5 Å². The summed E-state index contributed by atoms with van der Waals surface area (Å²) in [6, 6.07) is 15.2. The van der Waals surface area contributed by atoms with Gasteiger partial charge in [-0.3, -0.25) is 4.98 Å². The van der Waals surface area contributed by atoms with Crippen molar-refractivity contribution in [3.05, 3.63) is 66.1 Å². The number of piperazine rings is 1. The highest BCUT2D eigenvalue weighted by molar-refractivity contribution is 6.03. The number of urea groups is 1. The minimum Gasteiger partial charge on any atom is -0.335 e. The second-order valence-electron chi connectivity index (χ2n) is 8.88. The Balaban J connectivity index is 1.54. The lowest BCUT2D eigenvalue weighted by Gasteiger charge is -2.44. The number of halogens is 1. The zero-order valence-electron chi connectivity index (χ0n) is 20.0. The summed E-state index contributed by atoms with van der Waals surface area (Å²) in [6.07, 6.45) is 1.91. The first-order chi connectivity index (χ1) is 16.9. The molecule has 0 radical (unpaired) electrons. The molecule has 2 heterocycles. The maximum atomic E-state index is 13.5. The summed E-state index contributed by atoms with van der Waals surface area (Å²) in [5.74, 6) is 0.196. The van der Waals surface area contributed by atoms with Gasteiger partial charge in [0, 0.05) is 36.4 Å². The lowest BCUT2D eigenvalue weighted by atomic mass is 10.00. The van der Waals surface area contributed by atoms with Crippen molar-refractivity contribution in [2.75, 3.05) is 30.3 Å². The topological polar surface area (TPSA) is 96.7 Å². The van der Waals surface area contributed by atoms with Gasteiger partial charge < -0.3 is 20.4 Å². The van der Waals surface area contributed by atoms with Gasteiger partial charge in [0.15, 0.2) is 0 Å². The molecule has 2 aromatic carbocycles. The number of nitriles is 1. The van der Waals surface area contributed by atoms with Crippen molar-refractivity contribution in [1.82, 2.24) is 14.8 Å². The van der Waals surface area contributed by atoms with Crippen LogP contribution in [0.4, 0.5) is 20.6 Å². The molecule has 2 N–H and O–H groups in total. The molecule has 1 aromatic heterocycles. The van der Waals surface area contributed by atoms with Crippen LogP contribution in [-0.2, 0) is 0 Å². The molecule has 1 unspecified atom stereocenters. The number of aromatic nitrogens is 1. The number of rotatable bonds is 3. The van der Waals surface area contributed by atoms with Gasteiger partial charge in [-0.25, -0.2) is 9.18 Å². The number of pyridine rings is 1. The van der Waals surface area contributed by atoms with E-state index in [9.17, 15) is 14.4 Å². The van der Waals surface area contributed by atoms with Gasteiger partial charge in [-0.2, -0.15) is 5.26 Å². The number of fused-ring (bicyclic) bond motifs is 1. The molecule has 2 amide bonds. The van der Waals surface area contributed by atoms with Gasteiger partial charge >= 0.3 is 6.03 Å². The maximum absolute atomic E-state index is 13.5. The Labute approximate surface area is 204 Å². The predicted octanol–water partition coefficient (Wildman–Crippen LogP) is 4.81. The summed E-state index contributed by atoms with van der Waals surface area (Å²) in [7, 11) is 0. The summed E-state index contributed by atoms with van der Waals surface area (Å²) in [5, 5.41) is 16.5. The Hall–Kier alpha value is -4.19. The molecule has 1 fully saturated rings. The number of aryl methyl sites for hydroxylation is 1. The number of benzene rings is 2. The Bertz CT molecular complexity index is 1300. The smallest absolute Gasteiger partial charge is 0.321 e. The molecule has 180 valence electrons. The summed E-state index contributed by atoms with van der Waals surface area (Å²) < 4.78 is 13.5. The molecule has 4 rings (SSSR count). The van der Waals surface area contributed by atoms with Crippen LogP contribution in [0.1, 0.15) is 19.5 Å². The maximum Gasteiger partial charge on any atom is 0.321 e. The number of nitrogens with zero attached hydrogens (tertiary/aromatic N) is 5. The van der Waals surface area contributed by atoms with Crippen LogP contribution < -0.4 is 10.6 Å². The third-order valence-corrected chi connectivity index (χ3v) is 6.10. The number of anilines is 2. The van der Waals surface area contributed by atoms with Gasteiger partial charge in [0.2, 0.25) is 12.2 Å². The predicted molar refractivity (Wildman–Crippen MR) is 135 cm³/mol. The van der Waals surface area contributed by atoms with E-state index < -0.39 is 5.82 Å². The summed E-state index contributed by atoms with van der Waals surface area (Å²) in [5.41, 5.74) is 2.99. The van der Waals surface area contributed by atoms with Crippen LogP contribution in [-0.4, -0.2) is 52.5 Å². The molecule has 0 aliphatic carbocycles. The van der Waals surface area contributed by atoms with Crippen molar-refractivity contribution in [3.8, 4) is 6.19 Å². The first-order valence-corrected chi connectivity index (χ1v) is 11.5. The molecular formula is C26H28FN7O. The summed E-state index contributed by atoms with van der Waals surface area (Å²) >= 11 is 0. The molecule has 3 aromatic rings. The lowest BCUT2D eigenvalue weighted by molar-refractivity contribution is 0.120.